The Labute approximate surface area is 180 Å². The third-order valence-electron chi connectivity index (χ3n) is 5.13. The Balaban J connectivity index is 1.91. The molecular weight excluding hydrogens is 406 g/mol. The number of rotatable bonds is 6. The summed E-state index contributed by atoms with van der Waals surface area (Å²) in [6.07, 6.45) is 8.98. The monoisotopic (exact) mass is 427 g/mol. The second kappa shape index (κ2) is 9.25. The molecule has 0 atom stereocenters. The van der Waals surface area contributed by atoms with Gasteiger partial charge in [0.15, 0.2) is 0 Å². The number of primary amides is 1. The van der Waals surface area contributed by atoms with E-state index in [1.165, 1.54) is 16.8 Å². The summed E-state index contributed by atoms with van der Waals surface area (Å²) in [6, 6.07) is 14.9. The van der Waals surface area contributed by atoms with E-state index in [1.807, 2.05) is 30.3 Å². The highest BCUT2D eigenvalue weighted by Gasteiger charge is 2.46. The van der Waals surface area contributed by atoms with E-state index in [1.54, 1.807) is 18.2 Å². The lowest BCUT2D eigenvalue weighted by Crippen LogP contribution is -2.60. The van der Waals surface area contributed by atoms with Crippen LogP contribution in [0.5, 0.6) is 0 Å². The van der Waals surface area contributed by atoms with Gasteiger partial charge < -0.3 is 10.5 Å². The first-order valence-corrected chi connectivity index (χ1v) is 10.6. The standard InChI is InChI=1S/C22H22ClN3O2S/c1-2-20(27)26(22(21(24)28)13-7-4-8-14-22)16-11-12-19(18(23)15-16)25-29-17-9-5-3-6-10-17/h1,3,5-6,9-12,15,25H,4,7-8,13-14H2,(H2,24,28). The van der Waals surface area contributed by atoms with Gasteiger partial charge in [-0.05, 0) is 61.0 Å². The first-order valence-electron chi connectivity index (χ1n) is 9.36. The number of carbonyl (C=O) groups is 2. The summed E-state index contributed by atoms with van der Waals surface area (Å²) < 4.78 is 3.20. The van der Waals surface area contributed by atoms with Gasteiger partial charge in [-0.2, -0.15) is 0 Å². The van der Waals surface area contributed by atoms with Gasteiger partial charge >= 0.3 is 5.91 Å². The number of anilines is 2. The van der Waals surface area contributed by atoms with Crippen molar-refractivity contribution in [3.8, 4) is 12.3 Å². The lowest BCUT2D eigenvalue weighted by molar-refractivity contribution is -0.127. The van der Waals surface area contributed by atoms with Crippen molar-refractivity contribution >= 4 is 46.7 Å². The van der Waals surface area contributed by atoms with Crippen molar-refractivity contribution in [3.05, 3.63) is 53.6 Å². The highest BCUT2D eigenvalue weighted by molar-refractivity contribution is 8.00. The number of amides is 2. The minimum absolute atomic E-state index is 0.413. The minimum Gasteiger partial charge on any atom is -0.368 e. The summed E-state index contributed by atoms with van der Waals surface area (Å²) in [5.41, 5.74) is 5.79. The van der Waals surface area contributed by atoms with Gasteiger partial charge in [0.1, 0.15) is 5.54 Å². The number of nitrogens with zero attached hydrogens (tertiary/aromatic N) is 1. The van der Waals surface area contributed by atoms with Crippen LogP contribution in [0.2, 0.25) is 5.02 Å². The van der Waals surface area contributed by atoms with Crippen LogP contribution in [-0.2, 0) is 9.59 Å². The number of benzene rings is 2. The summed E-state index contributed by atoms with van der Waals surface area (Å²) in [6.45, 7) is 0. The van der Waals surface area contributed by atoms with Crippen molar-refractivity contribution in [2.75, 3.05) is 9.62 Å². The van der Waals surface area contributed by atoms with Crippen molar-refractivity contribution in [2.45, 2.75) is 42.5 Å². The fourth-order valence-electron chi connectivity index (χ4n) is 3.67. The zero-order valence-corrected chi connectivity index (χ0v) is 17.4. The van der Waals surface area contributed by atoms with Crippen LogP contribution in [0.3, 0.4) is 0 Å². The van der Waals surface area contributed by atoms with Gasteiger partial charge in [-0.25, -0.2) is 0 Å². The Morgan fingerprint density at radius 3 is 2.41 bits per heavy atom. The van der Waals surface area contributed by atoms with E-state index in [9.17, 15) is 9.59 Å². The second-order valence-electron chi connectivity index (χ2n) is 6.92. The molecule has 5 nitrogen and oxygen atoms in total. The Morgan fingerprint density at radius 2 is 1.83 bits per heavy atom. The lowest BCUT2D eigenvalue weighted by Gasteiger charge is -2.43. The van der Waals surface area contributed by atoms with Crippen LogP contribution in [0.1, 0.15) is 32.1 Å². The highest BCUT2D eigenvalue weighted by Crippen LogP contribution is 2.39. The molecule has 1 aliphatic carbocycles. The quantitative estimate of drug-likeness (QED) is 0.521. The third-order valence-corrected chi connectivity index (χ3v) is 6.27. The molecule has 2 aromatic rings. The van der Waals surface area contributed by atoms with Crippen LogP contribution in [0.4, 0.5) is 11.4 Å². The van der Waals surface area contributed by atoms with Crippen LogP contribution in [-0.4, -0.2) is 17.4 Å². The molecule has 1 aliphatic rings. The summed E-state index contributed by atoms with van der Waals surface area (Å²) in [7, 11) is 0. The number of hydrogen-bond donors (Lipinski definition) is 2. The van der Waals surface area contributed by atoms with Crippen LogP contribution in [0.25, 0.3) is 0 Å². The number of nitrogens with two attached hydrogens (primary N) is 1. The number of nitrogens with one attached hydrogen (secondary N) is 1. The van der Waals surface area contributed by atoms with Crippen LogP contribution in [0.15, 0.2) is 53.4 Å². The largest absolute Gasteiger partial charge is 0.368 e. The van der Waals surface area contributed by atoms with Crippen LogP contribution < -0.4 is 15.4 Å². The molecule has 0 radical (unpaired) electrons. The van der Waals surface area contributed by atoms with Gasteiger partial charge in [-0.15, -0.1) is 6.42 Å². The third kappa shape index (κ3) is 4.52. The molecule has 0 aliphatic heterocycles. The second-order valence-corrected chi connectivity index (χ2v) is 8.21. The average molecular weight is 428 g/mol. The van der Waals surface area contributed by atoms with Gasteiger partial charge in [-0.3, -0.25) is 14.5 Å². The molecule has 7 heteroatoms. The topological polar surface area (TPSA) is 75.4 Å². The first-order chi connectivity index (χ1) is 14.0. The van der Waals surface area contributed by atoms with Crippen molar-refractivity contribution in [1.29, 1.82) is 0 Å². The zero-order chi connectivity index (χ0) is 20.9. The van der Waals surface area contributed by atoms with E-state index < -0.39 is 17.4 Å². The Bertz CT molecular complexity index is 937. The lowest BCUT2D eigenvalue weighted by atomic mass is 9.79. The van der Waals surface area contributed by atoms with Gasteiger partial charge in [0.2, 0.25) is 5.91 Å². The number of halogens is 1. The molecular formula is C22H22ClN3O2S. The average Bonchev–Trinajstić information content (AvgIpc) is 2.74. The number of terminal acetylenes is 1. The molecule has 3 N–H and O–H groups in total. The van der Waals surface area contributed by atoms with Crippen molar-refractivity contribution in [1.82, 2.24) is 0 Å². The van der Waals surface area contributed by atoms with E-state index in [2.05, 4.69) is 10.6 Å². The molecule has 0 unspecified atom stereocenters. The molecule has 0 heterocycles. The zero-order valence-electron chi connectivity index (χ0n) is 15.9. The predicted molar refractivity (Wildman–Crippen MR) is 119 cm³/mol. The molecule has 0 aromatic heterocycles. The van der Waals surface area contributed by atoms with E-state index >= 15 is 0 Å². The number of hydrogen-bond acceptors (Lipinski definition) is 4. The molecule has 0 bridgehead atoms. The molecule has 0 saturated heterocycles. The van der Waals surface area contributed by atoms with Crippen LogP contribution >= 0.6 is 23.5 Å². The molecule has 1 saturated carbocycles. The Kier molecular flexibility index (Phi) is 6.73. The van der Waals surface area contributed by atoms with Gasteiger partial charge in [0.25, 0.3) is 0 Å². The normalized spacial score (nSPS) is 15.2. The summed E-state index contributed by atoms with van der Waals surface area (Å²) in [4.78, 5) is 27.5. The maximum Gasteiger partial charge on any atom is 0.303 e. The van der Waals surface area contributed by atoms with Gasteiger partial charge in [0.05, 0.1) is 10.7 Å². The molecule has 150 valence electrons. The molecule has 1 fully saturated rings. The van der Waals surface area contributed by atoms with Gasteiger partial charge in [-0.1, -0.05) is 49.1 Å². The smallest absolute Gasteiger partial charge is 0.303 e. The first kappa shape index (κ1) is 21.1. The van der Waals surface area contributed by atoms with Crippen molar-refractivity contribution in [2.24, 2.45) is 5.73 Å². The number of carbonyl (C=O) groups excluding carboxylic acids is 2. The summed E-state index contributed by atoms with van der Waals surface area (Å²) in [5, 5.41) is 0.413. The maximum absolute atomic E-state index is 12.6. The maximum atomic E-state index is 12.6. The summed E-state index contributed by atoms with van der Waals surface area (Å²) >= 11 is 7.89. The molecule has 2 aromatic carbocycles. The molecule has 29 heavy (non-hydrogen) atoms. The van der Waals surface area contributed by atoms with E-state index in [4.69, 9.17) is 23.8 Å². The van der Waals surface area contributed by atoms with Gasteiger partial charge in [0, 0.05) is 10.6 Å². The van der Waals surface area contributed by atoms with Crippen LogP contribution in [0, 0.1) is 12.3 Å². The minimum atomic E-state index is -1.13. The van der Waals surface area contributed by atoms with Crippen molar-refractivity contribution in [3.63, 3.8) is 0 Å². The molecule has 0 spiro atoms. The highest BCUT2D eigenvalue weighted by atomic mass is 35.5. The van der Waals surface area contributed by atoms with E-state index in [0.29, 0.717) is 29.2 Å². The van der Waals surface area contributed by atoms with E-state index in [0.717, 1.165) is 24.2 Å². The predicted octanol–water partition coefficient (Wildman–Crippen LogP) is 4.61. The molecule has 2 amide bonds. The Morgan fingerprint density at radius 1 is 1.14 bits per heavy atom. The van der Waals surface area contributed by atoms with E-state index in [-0.39, 0.29) is 0 Å². The fourth-order valence-corrected chi connectivity index (χ4v) is 4.65. The SMILES string of the molecule is C#CC(=O)N(c1ccc(NSc2ccccc2)c(Cl)c1)C1(C(N)=O)CCCCC1. The summed E-state index contributed by atoms with van der Waals surface area (Å²) in [5.74, 6) is 0.999. The molecule has 3 rings (SSSR count). The van der Waals surface area contributed by atoms with Crippen molar-refractivity contribution < 1.29 is 9.59 Å². The fraction of sp³-hybridized carbons (Fsp3) is 0.273. The Hall–Kier alpha value is -2.62.